The van der Waals surface area contributed by atoms with E-state index < -0.39 is 11.8 Å². The predicted octanol–water partition coefficient (Wildman–Crippen LogP) is 4.21. The van der Waals surface area contributed by atoms with E-state index in [1.54, 1.807) is 36.6 Å². The van der Waals surface area contributed by atoms with Crippen molar-refractivity contribution in [3.8, 4) is 17.0 Å². The molecule has 1 fully saturated rings. The third-order valence-corrected chi connectivity index (χ3v) is 7.66. The Labute approximate surface area is 228 Å². The summed E-state index contributed by atoms with van der Waals surface area (Å²) < 4.78 is 10.6. The second kappa shape index (κ2) is 11.5. The molecule has 200 valence electrons. The first kappa shape index (κ1) is 26.1. The van der Waals surface area contributed by atoms with Crippen LogP contribution in [0.4, 0.5) is 0 Å². The lowest BCUT2D eigenvalue weighted by Gasteiger charge is -2.31. The minimum absolute atomic E-state index is 0.101. The molecule has 1 aliphatic heterocycles. The standard InChI is InChI=1S/C28H27N5O5S/c1-17-23(24(32-38-17)18-8-4-3-5-9-18)28(36)33-14-12-19(13-15-33)27-29-21(16-39-27)26(35)31-30-25(34)20-10-6-7-11-22(20)37-2/h3-11,16,19H,12-15H2,1-2H3,(H,30,34)(H,31,35). The number of hydrogen-bond donors (Lipinski definition) is 2. The highest BCUT2D eigenvalue weighted by Crippen LogP contribution is 2.33. The molecule has 10 nitrogen and oxygen atoms in total. The minimum atomic E-state index is -0.510. The van der Waals surface area contributed by atoms with Crippen LogP contribution in [0.15, 0.2) is 64.5 Å². The fourth-order valence-corrected chi connectivity index (χ4v) is 5.53. The van der Waals surface area contributed by atoms with Crippen LogP contribution < -0.4 is 15.6 Å². The zero-order valence-corrected chi connectivity index (χ0v) is 22.3. The zero-order chi connectivity index (χ0) is 27.4. The lowest BCUT2D eigenvalue weighted by Crippen LogP contribution is -2.42. The van der Waals surface area contributed by atoms with Crippen LogP contribution in [-0.2, 0) is 0 Å². The molecule has 39 heavy (non-hydrogen) atoms. The Morgan fingerprint density at radius 1 is 1.00 bits per heavy atom. The fourth-order valence-electron chi connectivity index (χ4n) is 4.56. The quantitative estimate of drug-likeness (QED) is 0.348. The smallest absolute Gasteiger partial charge is 0.289 e. The lowest BCUT2D eigenvalue weighted by atomic mass is 9.96. The van der Waals surface area contributed by atoms with E-state index in [4.69, 9.17) is 9.26 Å². The number of nitrogens with one attached hydrogen (secondary N) is 2. The molecular weight excluding hydrogens is 518 g/mol. The Kier molecular flexibility index (Phi) is 7.69. The second-order valence-corrected chi connectivity index (χ2v) is 9.96. The van der Waals surface area contributed by atoms with E-state index in [0.29, 0.717) is 41.4 Å². The first-order valence-corrected chi connectivity index (χ1v) is 13.3. The van der Waals surface area contributed by atoms with Gasteiger partial charge in [-0.15, -0.1) is 11.3 Å². The van der Waals surface area contributed by atoms with Crippen LogP contribution in [-0.4, -0.2) is 53.0 Å². The van der Waals surface area contributed by atoms with Crippen molar-refractivity contribution in [3.05, 3.63) is 87.6 Å². The first-order chi connectivity index (χ1) is 19.0. The molecule has 2 aromatic heterocycles. The number of hydrogen-bond acceptors (Lipinski definition) is 8. The Morgan fingerprint density at radius 3 is 2.44 bits per heavy atom. The van der Waals surface area contributed by atoms with Gasteiger partial charge in [0, 0.05) is 30.0 Å². The van der Waals surface area contributed by atoms with Crippen molar-refractivity contribution in [3.63, 3.8) is 0 Å². The molecule has 11 heteroatoms. The molecule has 0 spiro atoms. The maximum Gasteiger partial charge on any atom is 0.289 e. The number of hydrazine groups is 1. The Balaban J connectivity index is 1.18. The van der Waals surface area contributed by atoms with Gasteiger partial charge in [-0.3, -0.25) is 25.2 Å². The van der Waals surface area contributed by atoms with Gasteiger partial charge in [-0.25, -0.2) is 4.98 Å². The highest BCUT2D eigenvalue weighted by Gasteiger charge is 2.31. The number of piperidine rings is 1. The van der Waals surface area contributed by atoms with E-state index in [9.17, 15) is 14.4 Å². The number of ether oxygens (including phenoxy) is 1. The normalized spacial score (nSPS) is 13.6. The van der Waals surface area contributed by atoms with Gasteiger partial charge in [0.25, 0.3) is 17.7 Å². The molecule has 0 atom stereocenters. The van der Waals surface area contributed by atoms with Gasteiger partial charge < -0.3 is 14.2 Å². The van der Waals surface area contributed by atoms with Crippen molar-refractivity contribution < 1.29 is 23.6 Å². The number of benzene rings is 2. The molecule has 3 amide bonds. The zero-order valence-electron chi connectivity index (χ0n) is 21.5. The van der Waals surface area contributed by atoms with Crippen molar-refractivity contribution in [1.82, 2.24) is 25.9 Å². The van der Waals surface area contributed by atoms with Gasteiger partial charge in [-0.05, 0) is 31.9 Å². The Morgan fingerprint density at radius 2 is 1.69 bits per heavy atom. The third-order valence-electron chi connectivity index (χ3n) is 6.65. The molecule has 3 heterocycles. The molecule has 0 radical (unpaired) electrons. The summed E-state index contributed by atoms with van der Waals surface area (Å²) >= 11 is 1.40. The first-order valence-electron chi connectivity index (χ1n) is 12.5. The molecule has 0 aliphatic carbocycles. The van der Waals surface area contributed by atoms with Crippen LogP contribution in [0.5, 0.6) is 5.75 Å². The average molecular weight is 546 g/mol. The number of likely N-dealkylation sites (tertiary alicyclic amines) is 1. The topological polar surface area (TPSA) is 127 Å². The number of para-hydroxylation sites is 1. The van der Waals surface area contributed by atoms with Crippen molar-refractivity contribution in [2.45, 2.75) is 25.7 Å². The van der Waals surface area contributed by atoms with E-state index in [-0.39, 0.29) is 17.5 Å². The van der Waals surface area contributed by atoms with Crippen molar-refractivity contribution in [2.75, 3.05) is 20.2 Å². The number of carbonyl (C=O) groups is 3. The number of methoxy groups -OCH3 is 1. The molecule has 0 saturated carbocycles. The van der Waals surface area contributed by atoms with Gasteiger partial charge in [0.15, 0.2) is 0 Å². The number of nitrogens with zero attached hydrogens (tertiary/aromatic N) is 3. The summed E-state index contributed by atoms with van der Waals surface area (Å²) in [5, 5.41) is 6.63. The SMILES string of the molecule is COc1ccccc1C(=O)NNC(=O)c1csc(C2CCN(C(=O)c3c(-c4ccccc4)noc3C)CC2)n1. The number of carbonyl (C=O) groups excluding carboxylic acids is 3. The molecule has 5 rings (SSSR count). The molecule has 2 N–H and O–H groups in total. The van der Waals surface area contributed by atoms with Crippen LogP contribution in [0, 0.1) is 6.92 Å². The minimum Gasteiger partial charge on any atom is -0.496 e. The number of amides is 3. The van der Waals surface area contributed by atoms with Crippen LogP contribution in [0.2, 0.25) is 0 Å². The summed E-state index contributed by atoms with van der Waals surface area (Å²) in [5.74, 6) is -0.0802. The van der Waals surface area contributed by atoms with Gasteiger partial charge in [-0.1, -0.05) is 47.6 Å². The van der Waals surface area contributed by atoms with Crippen LogP contribution in [0.1, 0.15) is 60.7 Å². The summed E-state index contributed by atoms with van der Waals surface area (Å²) in [6, 6.07) is 16.2. The van der Waals surface area contributed by atoms with Crippen molar-refractivity contribution >= 4 is 29.1 Å². The maximum atomic E-state index is 13.4. The second-order valence-electron chi connectivity index (χ2n) is 9.07. The van der Waals surface area contributed by atoms with Gasteiger partial charge in [0.1, 0.15) is 28.5 Å². The number of aryl methyl sites for hydroxylation is 1. The van der Waals surface area contributed by atoms with Crippen molar-refractivity contribution in [2.24, 2.45) is 0 Å². The lowest BCUT2D eigenvalue weighted by molar-refractivity contribution is 0.0711. The maximum absolute atomic E-state index is 13.4. The van der Waals surface area contributed by atoms with Crippen molar-refractivity contribution in [1.29, 1.82) is 0 Å². The summed E-state index contributed by atoms with van der Waals surface area (Å²) in [7, 11) is 1.47. The molecule has 1 aliphatic rings. The van der Waals surface area contributed by atoms with E-state index in [1.165, 1.54) is 18.4 Å². The predicted molar refractivity (Wildman–Crippen MR) is 145 cm³/mol. The highest BCUT2D eigenvalue weighted by molar-refractivity contribution is 7.09. The monoisotopic (exact) mass is 545 g/mol. The Hall–Kier alpha value is -4.51. The van der Waals surface area contributed by atoms with E-state index in [1.807, 2.05) is 35.2 Å². The molecule has 0 bridgehead atoms. The molecule has 4 aromatic rings. The number of thiazole rings is 1. The average Bonchev–Trinajstić information content (AvgIpc) is 3.63. The van der Waals surface area contributed by atoms with Gasteiger partial charge in [-0.2, -0.15) is 0 Å². The number of rotatable bonds is 6. The fraction of sp³-hybridized carbons (Fsp3) is 0.250. The Bertz CT molecular complexity index is 1490. The van der Waals surface area contributed by atoms with Gasteiger partial charge in [0.05, 0.1) is 17.7 Å². The van der Waals surface area contributed by atoms with Gasteiger partial charge in [0.2, 0.25) is 0 Å². The van der Waals surface area contributed by atoms with Crippen LogP contribution in [0.3, 0.4) is 0 Å². The van der Waals surface area contributed by atoms with Crippen LogP contribution in [0.25, 0.3) is 11.3 Å². The summed E-state index contributed by atoms with van der Waals surface area (Å²) in [6.07, 6.45) is 1.44. The van der Waals surface area contributed by atoms with Crippen LogP contribution >= 0.6 is 11.3 Å². The van der Waals surface area contributed by atoms with E-state index >= 15 is 0 Å². The van der Waals surface area contributed by atoms with Gasteiger partial charge >= 0.3 is 0 Å². The molecule has 1 saturated heterocycles. The number of aromatic nitrogens is 2. The molecule has 2 aromatic carbocycles. The van der Waals surface area contributed by atoms with E-state index in [2.05, 4.69) is 21.0 Å². The highest BCUT2D eigenvalue weighted by atomic mass is 32.1. The largest absolute Gasteiger partial charge is 0.496 e. The molecule has 0 unspecified atom stereocenters. The summed E-state index contributed by atoms with van der Waals surface area (Å²) in [4.78, 5) is 44.8. The third kappa shape index (κ3) is 5.53. The van der Waals surface area contributed by atoms with E-state index in [0.717, 1.165) is 23.4 Å². The molecular formula is C28H27N5O5S. The summed E-state index contributed by atoms with van der Waals surface area (Å²) in [6.45, 7) is 2.86. The summed E-state index contributed by atoms with van der Waals surface area (Å²) in [5.41, 5.74) is 7.21.